The number of aliphatic carboxylic acids is 1. The summed E-state index contributed by atoms with van der Waals surface area (Å²) in [6.07, 6.45) is 4.84. The van der Waals surface area contributed by atoms with Gasteiger partial charge in [-0.1, -0.05) is 12.8 Å². The minimum absolute atomic E-state index is 0.00350. The fraction of sp³-hybridized carbons (Fsp3) is 0.846. The molecule has 1 saturated heterocycles. The molecule has 2 fully saturated rings. The number of nitrogens with one attached hydrogen (secondary N) is 2. The summed E-state index contributed by atoms with van der Waals surface area (Å²) in [5, 5.41) is 15.4. The van der Waals surface area contributed by atoms with E-state index in [0.717, 1.165) is 32.4 Å². The zero-order valence-electron chi connectivity index (χ0n) is 10.7. The summed E-state index contributed by atoms with van der Waals surface area (Å²) in [5.41, 5.74) is -0.705. The highest BCUT2D eigenvalue weighted by Gasteiger charge is 2.41. The van der Waals surface area contributed by atoms with Gasteiger partial charge in [-0.05, 0) is 38.3 Å². The normalized spacial score (nSPS) is 26.1. The Morgan fingerprint density at radius 3 is 2.61 bits per heavy atom. The van der Waals surface area contributed by atoms with Crippen molar-refractivity contribution < 1.29 is 14.7 Å². The maximum atomic E-state index is 11.8. The van der Waals surface area contributed by atoms with Crippen LogP contribution in [0.5, 0.6) is 0 Å². The minimum Gasteiger partial charge on any atom is -0.481 e. The first-order valence-corrected chi connectivity index (χ1v) is 6.83. The van der Waals surface area contributed by atoms with Crippen LogP contribution in [0.25, 0.3) is 0 Å². The summed E-state index contributed by atoms with van der Waals surface area (Å²) in [5.74, 6) is -0.353. The Morgan fingerprint density at radius 2 is 2.06 bits per heavy atom. The zero-order valence-corrected chi connectivity index (χ0v) is 10.7. The second-order valence-corrected chi connectivity index (χ2v) is 5.63. The highest BCUT2D eigenvalue weighted by Crippen LogP contribution is 2.37. The first-order chi connectivity index (χ1) is 8.62. The molecule has 5 nitrogen and oxygen atoms in total. The Hall–Kier alpha value is -1.10. The van der Waals surface area contributed by atoms with Crippen LogP contribution in [-0.2, 0) is 9.59 Å². The lowest BCUT2D eigenvalue weighted by Crippen LogP contribution is -2.41. The van der Waals surface area contributed by atoms with E-state index in [0.29, 0.717) is 31.7 Å². The first-order valence-electron chi connectivity index (χ1n) is 6.83. The third-order valence-corrected chi connectivity index (χ3v) is 4.27. The smallest absolute Gasteiger partial charge is 0.311 e. The Labute approximate surface area is 107 Å². The molecule has 1 aliphatic carbocycles. The molecule has 1 heterocycles. The van der Waals surface area contributed by atoms with Crippen LogP contribution in [0.15, 0.2) is 0 Å². The van der Waals surface area contributed by atoms with Crippen LogP contribution < -0.4 is 10.6 Å². The van der Waals surface area contributed by atoms with Crippen molar-refractivity contribution in [2.75, 3.05) is 19.6 Å². The average Bonchev–Trinajstić information content (AvgIpc) is 2.97. The van der Waals surface area contributed by atoms with Crippen molar-refractivity contribution in [1.29, 1.82) is 0 Å². The van der Waals surface area contributed by atoms with E-state index < -0.39 is 11.4 Å². The molecule has 0 bridgehead atoms. The molecule has 3 N–H and O–H groups in total. The molecule has 18 heavy (non-hydrogen) atoms. The SMILES string of the molecule is O=C(CC1CCNC1)NCC1(C(=O)O)CCCC1. The summed E-state index contributed by atoms with van der Waals surface area (Å²) >= 11 is 0. The van der Waals surface area contributed by atoms with Crippen LogP contribution in [0.1, 0.15) is 38.5 Å². The molecular formula is C13H22N2O3. The van der Waals surface area contributed by atoms with Crippen molar-refractivity contribution in [1.82, 2.24) is 10.6 Å². The summed E-state index contributed by atoms with van der Waals surface area (Å²) in [6, 6.07) is 0. The second kappa shape index (κ2) is 5.69. The van der Waals surface area contributed by atoms with Crippen LogP contribution in [0.2, 0.25) is 0 Å². The molecular weight excluding hydrogens is 232 g/mol. The van der Waals surface area contributed by atoms with Gasteiger partial charge in [0.25, 0.3) is 0 Å². The summed E-state index contributed by atoms with van der Waals surface area (Å²) < 4.78 is 0. The number of carbonyl (C=O) groups is 2. The van der Waals surface area contributed by atoms with Crippen LogP contribution in [-0.4, -0.2) is 36.6 Å². The molecule has 0 radical (unpaired) electrons. The third-order valence-electron chi connectivity index (χ3n) is 4.27. The van der Waals surface area contributed by atoms with E-state index in [1.807, 2.05) is 0 Å². The first kappa shape index (κ1) is 13.3. The molecule has 0 spiro atoms. The van der Waals surface area contributed by atoms with Gasteiger partial charge < -0.3 is 15.7 Å². The zero-order chi connectivity index (χ0) is 13.0. The van der Waals surface area contributed by atoms with Crippen LogP contribution in [0.3, 0.4) is 0 Å². The number of rotatable bonds is 5. The number of amides is 1. The van der Waals surface area contributed by atoms with Gasteiger partial charge in [0.15, 0.2) is 0 Å². The van der Waals surface area contributed by atoms with Gasteiger partial charge in [0, 0.05) is 13.0 Å². The highest BCUT2D eigenvalue weighted by molar-refractivity contribution is 5.79. The van der Waals surface area contributed by atoms with Crippen LogP contribution in [0.4, 0.5) is 0 Å². The molecule has 1 saturated carbocycles. The monoisotopic (exact) mass is 254 g/mol. The predicted octanol–water partition coefficient (Wildman–Crippen LogP) is 0.747. The van der Waals surface area contributed by atoms with E-state index in [9.17, 15) is 14.7 Å². The van der Waals surface area contributed by atoms with Crippen molar-refractivity contribution in [3.63, 3.8) is 0 Å². The number of hydrogen-bond donors (Lipinski definition) is 3. The van der Waals surface area contributed by atoms with E-state index in [1.54, 1.807) is 0 Å². The van der Waals surface area contributed by atoms with Gasteiger partial charge in [0.05, 0.1) is 5.41 Å². The lowest BCUT2D eigenvalue weighted by molar-refractivity contribution is -0.148. The molecule has 0 aromatic carbocycles. The Bertz CT molecular complexity index is 318. The van der Waals surface area contributed by atoms with Crippen molar-refractivity contribution in [2.24, 2.45) is 11.3 Å². The lowest BCUT2D eigenvalue weighted by atomic mass is 9.86. The minimum atomic E-state index is -0.761. The summed E-state index contributed by atoms with van der Waals surface area (Å²) in [6.45, 7) is 2.18. The average molecular weight is 254 g/mol. The topological polar surface area (TPSA) is 78.4 Å². The fourth-order valence-corrected chi connectivity index (χ4v) is 3.01. The van der Waals surface area contributed by atoms with Crippen molar-refractivity contribution in [3.8, 4) is 0 Å². The number of carbonyl (C=O) groups excluding carboxylic acids is 1. The Morgan fingerprint density at radius 1 is 1.33 bits per heavy atom. The van der Waals surface area contributed by atoms with Gasteiger partial charge in [-0.25, -0.2) is 0 Å². The van der Waals surface area contributed by atoms with Gasteiger partial charge in [-0.15, -0.1) is 0 Å². The predicted molar refractivity (Wildman–Crippen MR) is 67.1 cm³/mol. The molecule has 0 aromatic rings. The second-order valence-electron chi connectivity index (χ2n) is 5.63. The fourth-order valence-electron chi connectivity index (χ4n) is 3.01. The van der Waals surface area contributed by atoms with Gasteiger partial charge in [-0.3, -0.25) is 9.59 Å². The molecule has 2 aliphatic rings. The van der Waals surface area contributed by atoms with E-state index in [1.165, 1.54) is 0 Å². The summed E-state index contributed by atoms with van der Waals surface area (Å²) in [4.78, 5) is 23.1. The summed E-state index contributed by atoms with van der Waals surface area (Å²) in [7, 11) is 0. The Balaban J connectivity index is 1.78. The van der Waals surface area contributed by atoms with Gasteiger partial charge >= 0.3 is 5.97 Å². The van der Waals surface area contributed by atoms with Gasteiger partial charge in [-0.2, -0.15) is 0 Å². The maximum Gasteiger partial charge on any atom is 0.311 e. The number of carboxylic acids is 1. The molecule has 1 unspecified atom stereocenters. The number of hydrogen-bond acceptors (Lipinski definition) is 3. The van der Waals surface area contributed by atoms with Crippen molar-refractivity contribution >= 4 is 11.9 Å². The maximum absolute atomic E-state index is 11.8. The molecule has 2 rings (SSSR count). The van der Waals surface area contributed by atoms with Gasteiger partial charge in [0.1, 0.15) is 0 Å². The van der Waals surface area contributed by atoms with Crippen LogP contribution in [0, 0.1) is 11.3 Å². The largest absolute Gasteiger partial charge is 0.481 e. The van der Waals surface area contributed by atoms with Gasteiger partial charge in [0.2, 0.25) is 5.91 Å². The van der Waals surface area contributed by atoms with E-state index >= 15 is 0 Å². The highest BCUT2D eigenvalue weighted by atomic mass is 16.4. The standard InChI is InChI=1S/C13H22N2O3/c16-11(7-10-3-6-14-8-10)15-9-13(12(17)18)4-1-2-5-13/h10,14H,1-9H2,(H,15,16)(H,17,18). The van der Waals surface area contributed by atoms with Crippen LogP contribution >= 0.6 is 0 Å². The Kier molecular flexibility index (Phi) is 4.22. The quantitative estimate of drug-likeness (QED) is 0.676. The molecule has 1 aliphatic heterocycles. The van der Waals surface area contributed by atoms with E-state index in [4.69, 9.17) is 0 Å². The third kappa shape index (κ3) is 3.02. The molecule has 5 heteroatoms. The van der Waals surface area contributed by atoms with E-state index in [2.05, 4.69) is 10.6 Å². The molecule has 102 valence electrons. The van der Waals surface area contributed by atoms with Crippen molar-refractivity contribution in [2.45, 2.75) is 38.5 Å². The van der Waals surface area contributed by atoms with E-state index in [-0.39, 0.29) is 5.91 Å². The van der Waals surface area contributed by atoms with Crippen molar-refractivity contribution in [3.05, 3.63) is 0 Å². The molecule has 1 amide bonds. The molecule has 0 aromatic heterocycles. The number of carboxylic acid groups (broad SMARTS) is 1. The molecule has 1 atom stereocenters. The lowest BCUT2D eigenvalue weighted by Gasteiger charge is -2.24.